The van der Waals surface area contributed by atoms with Crippen LogP contribution in [0.15, 0.2) is 23.1 Å². The van der Waals surface area contributed by atoms with Crippen molar-refractivity contribution in [3.8, 4) is 0 Å². The van der Waals surface area contributed by atoms with E-state index >= 15 is 0 Å². The van der Waals surface area contributed by atoms with Gasteiger partial charge in [0.2, 0.25) is 9.84 Å². The Balaban J connectivity index is 3.31. The Morgan fingerprint density at radius 3 is 2.48 bits per heavy atom. The lowest BCUT2D eigenvalue weighted by molar-refractivity contribution is -0.384. The first-order chi connectivity index (χ1) is 9.87. The van der Waals surface area contributed by atoms with Gasteiger partial charge in [-0.3, -0.25) is 10.1 Å². The molecule has 7 nitrogen and oxygen atoms in total. The Labute approximate surface area is 124 Å². The minimum Gasteiger partial charge on any atom is -0.380 e. The number of unbranched alkanes of at least 4 members (excludes halogenated alkanes) is 1. The standard InChI is InChI=1S/C13H20N2O5S/c1-3-5-8-14(4-2)12-7-6-11(21(19,20)10-16)9-13(12)15(17)18/h6-7,9,16H,3-5,8,10H2,1-2H3. The average molecular weight is 316 g/mol. The molecule has 0 amide bonds. The van der Waals surface area contributed by atoms with Gasteiger partial charge in [-0.1, -0.05) is 13.3 Å². The van der Waals surface area contributed by atoms with Gasteiger partial charge in [0.15, 0.2) is 0 Å². The van der Waals surface area contributed by atoms with E-state index in [2.05, 4.69) is 0 Å². The fourth-order valence-corrected chi connectivity index (χ4v) is 2.70. The van der Waals surface area contributed by atoms with Crippen molar-refractivity contribution >= 4 is 21.2 Å². The molecular weight excluding hydrogens is 296 g/mol. The molecule has 0 bridgehead atoms. The van der Waals surface area contributed by atoms with E-state index in [1.807, 2.05) is 18.7 Å². The second-order valence-corrected chi connectivity index (χ2v) is 6.54. The molecule has 0 radical (unpaired) electrons. The van der Waals surface area contributed by atoms with Crippen LogP contribution in [0, 0.1) is 10.1 Å². The Morgan fingerprint density at radius 1 is 1.33 bits per heavy atom. The second-order valence-electron chi connectivity index (χ2n) is 4.58. The van der Waals surface area contributed by atoms with E-state index in [1.165, 1.54) is 12.1 Å². The summed E-state index contributed by atoms with van der Waals surface area (Å²) in [5, 5.41) is 20.1. The monoisotopic (exact) mass is 316 g/mol. The van der Waals surface area contributed by atoms with Crippen molar-refractivity contribution in [3.05, 3.63) is 28.3 Å². The minimum absolute atomic E-state index is 0.244. The zero-order valence-corrected chi connectivity index (χ0v) is 13.0. The van der Waals surface area contributed by atoms with Crippen LogP contribution >= 0.6 is 0 Å². The highest BCUT2D eigenvalue weighted by atomic mass is 32.2. The van der Waals surface area contributed by atoms with Crippen molar-refractivity contribution in [2.24, 2.45) is 0 Å². The van der Waals surface area contributed by atoms with Crippen molar-refractivity contribution in [3.63, 3.8) is 0 Å². The van der Waals surface area contributed by atoms with E-state index in [4.69, 9.17) is 5.11 Å². The first-order valence-electron chi connectivity index (χ1n) is 6.74. The molecule has 21 heavy (non-hydrogen) atoms. The lowest BCUT2D eigenvalue weighted by atomic mass is 10.2. The number of anilines is 1. The van der Waals surface area contributed by atoms with Crippen LogP contribution in [0.5, 0.6) is 0 Å². The number of sulfone groups is 1. The molecule has 0 heterocycles. The molecule has 0 aliphatic rings. The fourth-order valence-electron chi connectivity index (χ4n) is 1.98. The summed E-state index contributed by atoms with van der Waals surface area (Å²) < 4.78 is 23.2. The molecule has 1 N–H and O–H groups in total. The predicted molar refractivity (Wildman–Crippen MR) is 80.2 cm³/mol. The van der Waals surface area contributed by atoms with Crippen molar-refractivity contribution in [1.29, 1.82) is 0 Å². The van der Waals surface area contributed by atoms with E-state index < -0.39 is 20.7 Å². The first kappa shape index (κ1) is 17.4. The third-order valence-electron chi connectivity index (χ3n) is 3.18. The molecule has 1 aromatic carbocycles. The largest absolute Gasteiger partial charge is 0.380 e. The average Bonchev–Trinajstić information content (AvgIpc) is 2.47. The van der Waals surface area contributed by atoms with Gasteiger partial charge >= 0.3 is 0 Å². The second kappa shape index (κ2) is 7.37. The van der Waals surface area contributed by atoms with Gasteiger partial charge in [-0.15, -0.1) is 0 Å². The predicted octanol–water partition coefficient (Wildman–Crippen LogP) is 1.94. The molecule has 0 saturated heterocycles. The molecule has 0 atom stereocenters. The molecule has 118 valence electrons. The van der Waals surface area contributed by atoms with Gasteiger partial charge in [0, 0.05) is 19.2 Å². The summed E-state index contributed by atoms with van der Waals surface area (Å²) in [5.41, 5.74) is 0.135. The topological polar surface area (TPSA) is 101 Å². The molecule has 0 fully saturated rings. The van der Waals surface area contributed by atoms with Crippen molar-refractivity contribution in [1.82, 2.24) is 0 Å². The van der Waals surface area contributed by atoms with Gasteiger partial charge in [0.25, 0.3) is 5.69 Å². The van der Waals surface area contributed by atoms with Gasteiger partial charge in [-0.25, -0.2) is 8.42 Å². The quantitative estimate of drug-likeness (QED) is 0.581. The molecule has 0 aliphatic carbocycles. The highest BCUT2D eigenvalue weighted by Gasteiger charge is 2.23. The zero-order chi connectivity index (χ0) is 16.0. The van der Waals surface area contributed by atoms with Crippen LogP contribution in [-0.4, -0.2) is 37.5 Å². The molecule has 1 rings (SSSR count). The number of benzene rings is 1. The van der Waals surface area contributed by atoms with Crippen LogP contribution in [0.25, 0.3) is 0 Å². The van der Waals surface area contributed by atoms with Crippen molar-refractivity contribution in [2.45, 2.75) is 31.6 Å². The number of nitro groups is 1. The number of nitrogens with zero attached hydrogens (tertiary/aromatic N) is 2. The van der Waals surface area contributed by atoms with Gasteiger partial charge < -0.3 is 10.0 Å². The van der Waals surface area contributed by atoms with Gasteiger partial charge in [0.05, 0.1) is 9.82 Å². The number of nitro benzene ring substituents is 1. The Hall–Kier alpha value is -1.67. The third kappa shape index (κ3) is 4.15. The van der Waals surface area contributed by atoms with Crippen LogP contribution in [0.2, 0.25) is 0 Å². The maximum absolute atomic E-state index is 11.6. The van der Waals surface area contributed by atoms with E-state index in [0.29, 0.717) is 18.8 Å². The van der Waals surface area contributed by atoms with Gasteiger partial charge in [-0.2, -0.15) is 0 Å². The van der Waals surface area contributed by atoms with Crippen LogP contribution in [0.1, 0.15) is 26.7 Å². The highest BCUT2D eigenvalue weighted by Crippen LogP contribution is 2.31. The molecule has 0 saturated carbocycles. The summed E-state index contributed by atoms with van der Waals surface area (Å²) in [5.74, 6) is -1.07. The number of rotatable bonds is 8. The number of aliphatic hydroxyl groups excluding tert-OH is 1. The molecule has 0 aliphatic heterocycles. The molecule has 0 unspecified atom stereocenters. The smallest absolute Gasteiger partial charge is 0.293 e. The normalized spacial score (nSPS) is 11.4. The molecule has 1 aromatic rings. The van der Waals surface area contributed by atoms with E-state index in [9.17, 15) is 18.5 Å². The summed E-state index contributed by atoms with van der Waals surface area (Å²) in [6.07, 6.45) is 1.85. The Bertz CT molecular complexity index is 601. The summed E-state index contributed by atoms with van der Waals surface area (Å²) in [4.78, 5) is 12.2. The summed E-state index contributed by atoms with van der Waals surface area (Å²) in [6, 6.07) is 3.73. The van der Waals surface area contributed by atoms with Crippen LogP contribution in [-0.2, 0) is 9.84 Å². The van der Waals surface area contributed by atoms with Crippen LogP contribution in [0.4, 0.5) is 11.4 Å². The van der Waals surface area contributed by atoms with Crippen LogP contribution in [0.3, 0.4) is 0 Å². The molecular formula is C13H20N2O5S. The number of hydrogen-bond acceptors (Lipinski definition) is 6. The summed E-state index contributed by atoms with van der Waals surface area (Å²) in [7, 11) is -3.89. The minimum atomic E-state index is -3.89. The number of hydrogen-bond donors (Lipinski definition) is 1. The zero-order valence-electron chi connectivity index (χ0n) is 12.2. The maximum Gasteiger partial charge on any atom is 0.293 e. The Morgan fingerprint density at radius 2 is 2.00 bits per heavy atom. The maximum atomic E-state index is 11.6. The van der Waals surface area contributed by atoms with E-state index in [0.717, 1.165) is 18.9 Å². The lowest BCUT2D eigenvalue weighted by Gasteiger charge is -2.22. The van der Waals surface area contributed by atoms with Crippen molar-refractivity contribution < 1.29 is 18.4 Å². The highest BCUT2D eigenvalue weighted by molar-refractivity contribution is 7.91. The molecule has 0 spiro atoms. The molecule has 0 aromatic heterocycles. The summed E-state index contributed by atoms with van der Waals surface area (Å²) >= 11 is 0. The van der Waals surface area contributed by atoms with Crippen LogP contribution < -0.4 is 4.90 Å². The Kier molecular flexibility index (Phi) is 6.10. The van der Waals surface area contributed by atoms with Gasteiger partial charge in [-0.05, 0) is 25.5 Å². The van der Waals surface area contributed by atoms with E-state index in [1.54, 1.807) is 0 Å². The van der Waals surface area contributed by atoms with Crippen molar-refractivity contribution in [2.75, 3.05) is 23.9 Å². The molecule has 8 heteroatoms. The van der Waals surface area contributed by atoms with E-state index in [-0.39, 0.29) is 10.6 Å². The first-order valence-corrected chi connectivity index (χ1v) is 8.39. The fraction of sp³-hybridized carbons (Fsp3) is 0.538. The summed E-state index contributed by atoms with van der Waals surface area (Å²) in [6.45, 7) is 5.17. The SMILES string of the molecule is CCCCN(CC)c1ccc(S(=O)(=O)CO)cc1[N+](=O)[O-]. The third-order valence-corrected chi connectivity index (χ3v) is 4.49. The van der Waals surface area contributed by atoms with Gasteiger partial charge in [0.1, 0.15) is 11.6 Å². The lowest BCUT2D eigenvalue weighted by Crippen LogP contribution is -2.24. The number of aliphatic hydroxyl groups is 1.